The second-order valence-electron chi connectivity index (χ2n) is 5.39. The fourth-order valence-electron chi connectivity index (χ4n) is 2.30. The van der Waals surface area contributed by atoms with Crippen LogP contribution in [0.25, 0.3) is 5.65 Å². The average molecular weight is 374 g/mol. The number of carbonyl (C=O) groups is 1. The molecule has 0 radical (unpaired) electrons. The molecule has 0 saturated heterocycles. The Bertz CT molecular complexity index is 841. The molecule has 3 aromatic heterocycles. The molecule has 0 aromatic carbocycles. The molecule has 23 heavy (non-hydrogen) atoms. The van der Waals surface area contributed by atoms with Crippen LogP contribution < -0.4 is 5.32 Å². The maximum Gasteiger partial charge on any atom is 0.277 e. The van der Waals surface area contributed by atoms with E-state index in [1.165, 1.54) is 0 Å². The van der Waals surface area contributed by atoms with Crippen molar-refractivity contribution < 1.29 is 4.79 Å². The zero-order valence-electron chi connectivity index (χ0n) is 12.8. The molecule has 1 N–H and O–H groups in total. The summed E-state index contributed by atoms with van der Waals surface area (Å²) in [5.41, 5.74) is 2.01. The lowest BCUT2D eigenvalue weighted by Crippen LogP contribution is -2.19. The summed E-state index contributed by atoms with van der Waals surface area (Å²) >= 11 is 3.32. The molecule has 0 spiro atoms. The number of pyridine rings is 2. The number of imidazole rings is 1. The van der Waals surface area contributed by atoms with Gasteiger partial charge < -0.3 is 14.6 Å². The number of halogens is 1. The largest absolute Gasteiger partial charge is 0.305 e. The van der Waals surface area contributed by atoms with E-state index in [1.54, 1.807) is 12.3 Å². The zero-order valence-corrected chi connectivity index (χ0v) is 14.4. The van der Waals surface area contributed by atoms with Crippen molar-refractivity contribution in [2.75, 3.05) is 19.4 Å². The van der Waals surface area contributed by atoms with Gasteiger partial charge in [-0.05, 0) is 54.3 Å². The van der Waals surface area contributed by atoms with Gasteiger partial charge in [-0.2, -0.15) is 0 Å². The Balaban J connectivity index is 1.97. The highest BCUT2D eigenvalue weighted by molar-refractivity contribution is 9.10. The van der Waals surface area contributed by atoms with Gasteiger partial charge in [0, 0.05) is 23.4 Å². The molecule has 0 aliphatic carbocycles. The van der Waals surface area contributed by atoms with Gasteiger partial charge in [-0.15, -0.1) is 0 Å². The Morgan fingerprint density at radius 2 is 2.13 bits per heavy atom. The van der Waals surface area contributed by atoms with Crippen LogP contribution in [0.1, 0.15) is 16.2 Å². The minimum Gasteiger partial charge on any atom is -0.305 e. The van der Waals surface area contributed by atoms with Crippen LogP contribution in [0.4, 0.5) is 5.82 Å². The Labute approximate surface area is 142 Å². The highest BCUT2D eigenvalue weighted by Gasteiger charge is 2.19. The SMILES string of the molecule is CN(C)Cc1c(C(=O)Nc2ccc(Br)cn2)nc2ccccn12. The number of carbonyl (C=O) groups excluding carboxylic acids is 1. The molecule has 6 nitrogen and oxygen atoms in total. The van der Waals surface area contributed by atoms with E-state index in [2.05, 4.69) is 31.2 Å². The molecule has 0 fully saturated rings. The van der Waals surface area contributed by atoms with Crippen LogP contribution >= 0.6 is 15.9 Å². The summed E-state index contributed by atoms with van der Waals surface area (Å²) in [5.74, 6) is 0.228. The highest BCUT2D eigenvalue weighted by atomic mass is 79.9. The summed E-state index contributed by atoms with van der Waals surface area (Å²) in [7, 11) is 3.92. The van der Waals surface area contributed by atoms with Gasteiger partial charge in [0.25, 0.3) is 5.91 Å². The van der Waals surface area contributed by atoms with E-state index in [-0.39, 0.29) is 5.91 Å². The first-order valence-corrected chi connectivity index (χ1v) is 7.87. The van der Waals surface area contributed by atoms with Gasteiger partial charge >= 0.3 is 0 Å². The predicted octanol–water partition coefficient (Wildman–Crippen LogP) is 2.81. The molecular weight excluding hydrogens is 358 g/mol. The molecule has 118 valence electrons. The Morgan fingerprint density at radius 1 is 1.30 bits per heavy atom. The minimum atomic E-state index is -0.264. The van der Waals surface area contributed by atoms with Crippen molar-refractivity contribution in [2.24, 2.45) is 0 Å². The van der Waals surface area contributed by atoms with Crippen LogP contribution in [0, 0.1) is 0 Å². The van der Waals surface area contributed by atoms with E-state index in [9.17, 15) is 4.79 Å². The molecule has 3 rings (SSSR count). The Hall–Kier alpha value is -2.25. The molecule has 3 heterocycles. The number of fused-ring (bicyclic) bond motifs is 1. The second-order valence-corrected chi connectivity index (χ2v) is 6.31. The summed E-state index contributed by atoms with van der Waals surface area (Å²) in [6.07, 6.45) is 3.55. The first-order valence-electron chi connectivity index (χ1n) is 7.08. The maximum absolute atomic E-state index is 12.6. The van der Waals surface area contributed by atoms with Gasteiger partial charge in [0.05, 0.1) is 5.69 Å². The fourth-order valence-corrected chi connectivity index (χ4v) is 2.54. The topological polar surface area (TPSA) is 62.5 Å². The molecule has 0 atom stereocenters. The van der Waals surface area contributed by atoms with E-state index in [0.29, 0.717) is 18.1 Å². The lowest BCUT2D eigenvalue weighted by atomic mass is 10.3. The summed E-state index contributed by atoms with van der Waals surface area (Å²) < 4.78 is 2.79. The standard InChI is InChI=1S/C16H16BrN5O/c1-21(2)10-12-15(20-14-5-3-4-8-22(12)14)16(23)19-13-7-6-11(17)9-18-13/h3-9H,10H2,1-2H3,(H,18,19,23). The maximum atomic E-state index is 12.6. The number of nitrogens with one attached hydrogen (secondary N) is 1. The lowest BCUT2D eigenvalue weighted by Gasteiger charge is -2.11. The van der Waals surface area contributed by atoms with Gasteiger partial charge in [0.1, 0.15) is 11.5 Å². The summed E-state index contributed by atoms with van der Waals surface area (Å²) in [6, 6.07) is 9.27. The third-order valence-corrected chi connectivity index (χ3v) is 3.75. The van der Waals surface area contributed by atoms with Crippen molar-refractivity contribution in [3.05, 3.63) is 58.6 Å². The molecule has 3 aromatic rings. The molecule has 0 bridgehead atoms. The van der Waals surface area contributed by atoms with Crippen LogP contribution in [0.15, 0.2) is 47.2 Å². The number of aromatic nitrogens is 3. The van der Waals surface area contributed by atoms with E-state index < -0.39 is 0 Å². The van der Waals surface area contributed by atoms with Crippen molar-refractivity contribution >= 4 is 33.3 Å². The first-order chi connectivity index (χ1) is 11.0. The lowest BCUT2D eigenvalue weighted by molar-refractivity contribution is 0.102. The van der Waals surface area contributed by atoms with Crippen molar-refractivity contribution in [1.29, 1.82) is 0 Å². The van der Waals surface area contributed by atoms with Gasteiger partial charge in [0.15, 0.2) is 5.69 Å². The van der Waals surface area contributed by atoms with E-state index in [4.69, 9.17) is 0 Å². The summed E-state index contributed by atoms with van der Waals surface area (Å²) in [4.78, 5) is 23.2. The number of hydrogen-bond acceptors (Lipinski definition) is 4. The quantitative estimate of drug-likeness (QED) is 0.763. The molecule has 0 aliphatic rings. The molecule has 0 unspecified atom stereocenters. The van der Waals surface area contributed by atoms with Gasteiger partial charge in [-0.25, -0.2) is 9.97 Å². The van der Waals surface area contributed by atoms with E-state index in [0.717, 1.165) is 15.8 Å². The summed E-state index contributed by atoms with van der Waals surface area (Å²) in [5, 5.41) is 2.79. The third kappa shape index (κ3) is 3.40. The number of nitrogens with zero attached hydrogens (tertiary/aromatic N) is 4. The van der Waals surface area contributed by atoms with Crippen LogP contribution in [0.3, 0.4) is 0 Å². The molecule has 0 saturated carbocycles. The Morgan fingerprint density at radius 3 is 2.83 bits per heavy atom. The van der Waals surface area contributed by atoms with Gasteiger partial charge in [-0.3, -0.25) is 4.79 Å². The zero-order chi connectivity index (χ0) is 16.4. The van der Waals surface area contributed by atoms with Crippen LogP contribution in [-0.2, 0) is 6.54 Å². The van der Waals surface area contributed by atoms with Crippen LogP contribution in [0.2, 0.25) is 0 Å². The minimum absolute atomic E-state index is 0.264. The highest BCUT2D eigenvalue weighted by Crippen LogP contribution is 2.16. The Kier molecular flexibility index (Phi) is 4.40. The smallest absolute Gasteiger partial charge is 0.277 e. The van der Waals surface area contributed by atoms with Crippen LogP contribution in [-0.4, -0.2) is 39.3 Å². The van der Waals surface area contributed by atoms with Crippen LogP contribution in [0.5, 0.6) is 0 Å². The molecule has 0 aliphatic heterocycles. The number of anilines is 1. The molecule has 1 amide bonds. The third-order valence-electron chi connectivity index (χ3n) is 3.28. The first kappa shape index (κ1) is 15.6. The second kappa shape index (κ2) is 6.47. The van der Waals surface area contributed by atoms with E-state index >= 15 is 0 Å². The van der Waals surface area contributed by atoms with Crippen molar-refractivity contribution in [3.8, 4) is 0 Å². The van der Waals surface area contributed by atoms with E-state index in [1.807, 2.05) is 53.9 Å². The molecule has 7 heteroatoms. The van der Waals surface area contributed by atoms with Gasteiger partial charge in [-0.1, -0.05) is 6.07 Å². The van der Waals surface area contributed by atoms with Crippen molar-refractivity contribution in [3.63, 3.8) is 0 Å². The monoisotopic (exact) mass is 373 g/mol. The number of hydrogen-bond donors (Lipinski definition) is 1. The average Bonchev–Trinajstić information content (AvgIpc) is 2.88. The normalized spacial score (nSPS) is 11.1. The fraction of sp³-hybridized carbons (Fsp3) is 0.188. The number of amides is 1. The van der Waals surface area contributed by atoms with Gasteiger partial charge in [0.2, 0.25) is 0 Å². The number of rotatable bonds is 4. The summed E-state index contributed by atoms with van der Waals surface area (Å²) in [6.45, 7) is 0.613. The van der Waals surface area contributed by atoms with Crippen molar-refractivity contribution in [2.45, 2.75) is 6.54 Å². The molecular formula is C16H16BrN5O. The predicted molar refractivity (Wildman–Crippen MR) is 92.5 cm³/mol. The van der Waals surface area contributed by atoms with Crippen molar-refractivity contribution in [1.82, 2.24) is 19.3 Å².